The van der Waals surface area contributed by atoms with Gasteiger partial charge < -0.3 is 5.32 Å². The zero-order chi connectivity index (χ0) is 20.4. The molecule has 0 aliphatic heterocycles. The highest BCUT2D eigenvalue weighted by atomic mass is 16.6. The lowest BCUT2D eigenvalue weighted by atomic mass is 10.1. The molecule has 0 saturated heterocycles. The summed E-state index contributed by atoms with van der Waals surface area (Å²) in [7, 11) is 0. The van der Waals surface area contributed by atoms with Crippen LogP contribution in [0.2, 0.25) is 0 Å². The van der Waals surface area contributed by atoms with E-state index in [-0.39, 0.29) is 46.8 Å². The number of hydrogen-bond acceptors (Lipinski definition) is 6. The summed E-state index contributed by atoms with van der Waals surface area (Å²) >= 11 is 0. The Morgan fingerprint density at radius 1 is 1.29 bits per heavy atom. The number of benzene rings is 1. The van der Waals surface area contributed by atoms with Crippen LogP contribution in [0.25, 0.3) is 16.7 Å². The molecule has 1 unspecified atom stereocenters. The number of fused-ring (bicyclic) bond motifs is 1. The van der Waals surface area contributed by atoms with Gasteiger partial charge in [0.25, 0.3) is 11.2 Å². The van der Waals surface area contributed by atoms with Gasteiger partial charge in [-0.15, -0.1) is 0 Å². The minimum atomic E-state index is -0.524. The van der Waals surface area contributed by atoms with E-state index in [9.17, 15) is 19.7 Å². The van der Waals surface area contributed by atoms with E-state index < -0.39 is 10.5 Å². The number of nitro groups is 1. The number of hydrogen-bond donors (Lipinski definition) is 1. The fourth-order valence-corrected chi connectivity index (χ4v) is 2.66. The lowest BCUT2D eigenvalue weighted by Crippen LogP contribution is -2.39. The molecule has 3 aromatic rings. The maximum atomic E-state index is 12.7. The number of carbonyl (C=O) groups excluding carboxylic acids is 1. The number of rotatable bonds is 6. The second kappa shape index (κ2) is 7.59. The minimum absolute atomic E-state index is 0.0266. The normalized spacial score (nSPS) is 12.3. The first-order valence-electron chi connectivity index (χ1n) is 8.76. The molecule has 2 aromatic heterocycles. The van der Waals surface area contributed by atoms with E-state index in [1.807, 2.05) is 20.8 Å². The maximum absolute atomic E-state index is 12.7. The SMILES string of the molecule is CC(C)C(C)NC(=O)Cn1cnc2c(cnn2-c2ccccc2[N+](=O)[O-])c1=O. The Kier molecular flexibility index (Phi) is 5.21. The average Bonchev–Trinajstić information content (AvgIpc) is 3.08. The Labute approximate surface area is 160 Å². The third-order valence-electron chi connectivity index (χ3n) is 4.56. The highest BCUT2D eigenvalue weighted by molar-refractivity contribution is 5.78. The van der Waals surface area contributed by atoms with Gasteiger partial charge in [0, 0.05) is 12.1 Å². The van der Waals surface area contributed by atoms with Crippen LogP contribution >= 0.6 is 0 Å². The molecule has 0 radical (unpaired) electrons. The molecule has 2 heterocycles. The van der Waals surface area contributed by atoms with E-state index in [1.165, 1.54) is 33.9 Å². The van der Waals surface area contributed by atoms with Crippen molar-refractivity contribution >= 4 is 22.6 Å². The smallest absolute Gasteiger partial charge is 0.294 e. The van der Waals surface area contributed by atoms with Crippen LogP contribution in [0.15, 0.2) is 41.6 Å². The van der Waals surface area contributed by atoms with Gasteiger partial charge in [0.15, 0.2) is 5.65 Å². The Balaban J connectivity index is 1.97. The van der Waals surface area contributed by atoms with Crippen LogP contribution in [0.1, 0.15) is 20.8 Å². The fraction of sp³-hybridized carbons (Fsp3) is 0.333. The fourth-order valence-electron chi connectivity index (χ4n) is 2.66. The molecule has 1 atom stereocenters. The van der Waals surface area contributed by atoms with Gasteiger partial charge in [-0.2, -0.15) is 5.10 Å². The van der Waals surface area contributed by atoms with E-state index in [0.29, 0.717) is 0 Å². The highest BCUT2D eigenvalue weighted by Gasteiger charge is 2.20. The van der Waals surface area contributed by atoms with Crippen molar-refractivity contribution in [1.29, 1.82) is 0 Å². The van der Waals surface area contributed by atoms with Crippen molar-refractivity contribution in [2.75, 3.05) is 0 Å². The molecule has 28 heavy (non-hydrogen) atoms. The second-order valence-corrected chi connectivity index (χ2v) is 6.82. The Hall–Kier alpha value is -3.56. The van der Waals surface area contributed by atoms with Gasteiger partial charge in [-0.3, -0.25) is 24.3 Å². The largest absolute Gasteiger partial charge is 0.352 e. The van der Waals surface area contributed by atoms with Crippen LogP contribution in [0.4, 0.5) is 5.69 Å². The second-order valence-electron chi connectivity index (χ2n) is 6.82. The molecule has 0 bridgehead atoms. The van der Waals surface area contributed by atoms with E-state index in [4.69, 9.17) is 0 Å². The van der Waals surface area contributed by atoms with Crippen molar-refractivity contribution in [2.24, 2.45) is 5.92 Å². The van der Waals surface area contributed by atoms with Crippen molar-refractivity contribution in [1.82, 2.24) is 24.6 Å². The summed E-state index contributed by atoms with van der Waals surface area (Å²) in [6.45, 7) is 5.70. The molecular weight excluding hydrogens is 364 g/mol. The van der Waals surface area contributed by atoms with Gasteiger partial charge in [-0.1, -0.05) is 26.0 Å². The van der Waals surface area contributed by atoms with Crippen molar-refractivity contribution in [3.8, 4) is 5.69 Å². The third-order valence-corrected chi connectivity index (χ3v) is 4.56. The number of amides is 1. The number of para-hydroxylation sites is 2. The molecule has 146 valence electrons. The number of nitrogens with zero attached hydrogens (tertiary/aromatic N) is 5. The first-order valence-corrected chi connectivity index (χ1v) is 8.76. The molecule has 0 saturated carbocycles. The first kappa shape index (κ1) is 19.2. The number of carbonyl (C=O) groups is 1. The molecule has 1 amide bonds. The summed E-state index contributed by atoms with van der Waals surface area (Å²) in [5.74, 6) is -0.0308. The van der Waals surface area contributed by atoms with E-state index >= 15 is 0 Å². The molecule has 0 spiro atoms. The van der Waals surface area contributed by atoms with Crippen LogP contribution in [0, 0.1) is 16.0 Å². The lowest BCUT2D eigenvalue weighted by molar-refractivity contribution is -0.384. The Morgan fingerprint density at radius 2 is 2.00 bits per heavy atom. The molecule has 0 aliphatic carbocycles. The van der Waals surface area contributed by atoms with Gasteiger partial charge in [-0.05, 0) is 18.9 Å². The zero-order valence-corrected chi connectivity index (χ0v) is 15.7. The first-order chi connectivity index (χ1) is 13.3. The van der Waals surface area contributed by atoms with Crippen molar-refractivity contribution in [3.05, 3.63) is 57.3 Å². The quantitative estimate of drug-likeness (QED) is 0.509. The summed E-state index contributed by atoms with van der Waals surface area (Å²) in [6.07, 6.45) is 2.55. The Bertz CT molecular complexity index is 1100. The number of aromatic nitrogens is 4. The molecule has 10 heteroatoms. The monoisotopic (exact) mass is 384 g/mol. The lowest BCUT2D eigenvalue weighted by Gasteiger charge is -2.17. The topological polar surface area (TPSA) is 125 Å². The van der Waals surface area contributed by atoms with Crippen LogP contribution in [-0.4, -0.2) is 36.2 Å². The van der Waals surface area contributed by atoms with E-state index in [1.54, 1.807) is 12.1 Å². The molecule has 1 N–H and O–H groups in total. The van der Waals surface area contributed by atoms with Gasteiger partial charge in [0.1, 0.15) is 23.9 Å². The van der Waals surface area contributed by atoms with Gasteiger partial charge in [0.05, 0.1) is 11.1 Å². The Morgan fingerprint density at radius 3 is 2.68 bits per heavy atom. The van der Waals surface area contributed by atoms with Gasteiger partial charge >= 0.3 is 0 Å². The van der Waals surface area contributed by atoms with Crippen LogP contribution < -0.4 is 10.9 Å². The summed E-state index contributed by atoms with van der Waals surface area (Å²) < 4.78 is 2.44. The van der Waals surface area contributed by atoms with E-state index in [2.05, 4.69) is 15.4 Å². The van der Waals surface area contributed by atoms with E-state index in [0.717, 1.165) is 0 Å². The molecule has 0 aliphatic rings. The predicted octanol–water partition coefficient (Wildman–Crippen LogP) is 1.65. The molecule has 10 nitrogen and oxygen atoms in total. The summed E-state index contributed by atoms with van der Waals surface area (Å²) in [5.41, 5.74) is -0.204. The summed E-state index contributed by atoms with van der Waals surface area (Å²) in [4.78, 5) is 39.8. The van der Waals surface area contributed by atoms with Crippen LogP contribution in [0.3, 0.4) is 0 Å². The van der Waals surface area contributed by atoms with Gasteiger partial charge in [-0.25, -0.2) is 9.67 Å². The van der Waals surface area contributed by atoms with Crippen LogP contribution in [-0.2, 0) is 11.3 Å². The third kappa shape index (κ3) is 3.61. The molecular formula is C18H20N6O4. The van der Waals surface area contributed by atoms with Gasteiger partial charge in [0.2, 0.25) is 5.91 Å². The summed E-state index contributed by atoms with van der Waals surface area (Å²) in [6, 6.07) is 6.03. The summed E-state index contributed by atoms with van der Waals surface area (Å²) in [5, 5.41) is 18.4. The molecule has 3 rings (SSSR count). The van der Waals surface area contributed by atoms with Crippen molar-refractivity contribution in [2.45, 2.75) is 33.4 Å². The molecule has 1 aromatic carbocycles. The van der Waals surface area contributed by atoms with Crippen molar-refractivity contribution < 1.29 is 9.72 Å². The number of nitrogens with one attached hydrogen (secondary N) is 1. The standard InChI is InChI=1S/C18H20N6O4/c1-11(2)12(3)21-16(25)9-22-10-19-17-13(18(22)26)8-20-23(17)14-6-4-5-7-15(14)24(27)28/h4-8,10-12H,9H2,1-3H3,(H,21,25). The highest BCUT2D eigenvalue weighted by Crippen LogP contribution is 2.23. The maximum Gasteiger partial charge on any atom is 0.294 e. The molecule has 0 fully saturated rings. The number of nitro benzene ring substituents is 1. The minimum Gasteiger partial charge on any atom is -0.352 e. The predicted molar refractivity (Wildman–Crippen MR) is 102 cm³/mol. The van der Waals surface area contributed by atoms with Crippen molar-refractivity contribution in [3.63, 3.8) is 0 Å². The zero-order valence-electron chi connectivity index (χ0n) is 15.7. The average molecular weight is 384 g/mol. The van der Waals surface area contributed by atoms with Crippen LogP contribution in [0.5, 0.6) is 0 Å².